The Morgan fingerprint density at radius 2 is 1.81 bits per heavy atom. The number of imidazole rings is 1. The van der Waals surface area contributed by atoms with Gasteiger partial charge in [-0.2, -0.15) is 0 Å². The van der Waals surface area contributed by atoms with Crippen molar-refractivity contribution in [3.8, 4) is 5.69 Å². The van der Waals surface area contributed by atoms with Gasteiger partial charge in [-0.05, 0) is 37.1 Å². The normalized spacial score (nSPS) is 11.2. The van der Waals surface area contributed by atoms with E-state index in [9.17, 15) is 4.39 Å². The van der Waals surface area contributed by atoms with Crippen LogP contribution in [-0.2, 0) is 6.42 Å². The Morgan fingerprint density at radius 3 is 2.52 bits per heavy atom. The number of aromatic nitrogens is 2. The van der Waals surface area contributed by atoms with E-state index in [4.69, 9.17) is 11.6 Å². The molecule has 1 heterocycles. The number of benzene rings is 2. The third kappa shape index (κ3) is 2.32. The molecule has 0 unspecified atom stereocenters. The van der Waals surface area contributed by atoms with E-state index in [1.807, 2.05) is 42.7 Å². The van der Waals surface area contributed by atoms with Crippen molar-refractivity contribution in [1.82, 2.24) is 9.55 Å². The van der Waals surface area contributed by atoms with Crippen molar-refractivity contribution in [3.63, 3.8) is 0 Å². The van der Waals surface area contributed by atoms with Crippen molar-refractivity contribution in [2.45, 2.75) is 20.3 Å². The predicted molar refractivity (Wildman–Crippen MR) is 84.9 cm³/mol. The molecule has 0 spiro atoms. The van der Waals surface area contributed by atoms with Crippen LogP contribution >= 0.6 is 11.6 Å². The molecule has 3 aromatic rings. The van der Waals surface area contributed by atoms with E-state index < -0.39 is 0 Å². The molecule has 0 fully saturated rings. The third-order valence-electron chi connectivity index (χ3n) is 3.68. The number of fused-ring (bicyclic) bond motifs is 1. The van der Waals surface area contributed by atoms with Gasteiger partial charge in [0.1, 0.15) is 11.6 Å². The highest BCUT2D eigenvalue weighted by Gasteiger charge is 2.17. The molecule has 0 radical (unpaired) electrons. The lowest BCUT2D eigenvalue weighted by molar-refractivity contribution is 0.615. The standard InChI is InChI=1S/C17H16ClFN2/c1-11-5-3-7-13(19)16(11)21-15(9-10-18)20-14-8-4-6-12(2)17(14)21/h3-8H,9-10H2,1-2H3. The first-order valence-corrected chi connectivity index (χ1v) is 7.45. The number of nitrogens with zero attached hydrogens (tertiary/aromatic N) is 2. The summed E-state index contributed by atoms with van der Waals surface area (Å²) in [5, 5.41) is 0. The highest BCUT2D eigenvalue weighted by atomic mass is 35.5. The summed E-state index contributed by atoms with van der Waals surface area (Å²) in [7, 11) is 0. The Hall–Kier alpha value is -1.87. The summed E-state index contributed by atoms with van der Waals surface area (Å²) in [6.45, 7) is 3.92. The van der Waals surface area contributed by atoms with Gasteiger partial charge in [0.15, 0.2) is 0 Å². The number of hydrogen-bond acceptors (Lipinski definition) is 1. The van der Waals surface area contributed by atoms with Gasteiger partial charge in [0.25, 0.3) is 0 Å². The number of halogens is 2. The van der Waals surface area contributed by atoms with Gasteiger partial charge in [-0.25, -0.2) is 9.37 Å². The summed E-state index contributed by atoms with van der Waals surface area (Å²) in [5.41, 5.74) is 4.34. The van der Waals surface area contributed by atoms with E-state index in [2.05, 4.69) is 4.98 Å². The minimum Gasteiger partial charge on any atom is -0.293 e. The van der Waals surface area contributed by atoms with Crippen molar-refractivity contribution in [2.24, 2.45) is 0 Å². The van der Waals surface area contributed by atoms with E-state index in [0.717, 1.165) is 28.0 Å². The molecular weight excluding hydrogens is 287 g/mol. The van der Waals surface area contributed by atoms with E-state index >= 15 is 0 Å². The van der Waals surface area contributed by atoms with Gasteiger partial charge in [-0.1, -0.05) is 24.3 Å². The zero-order chi connectivity index (χ0) is 15.0. The molecule has 108 valence electrons. The second-order valence-corrected chi connectivity index (χ2v) is 5.53. The quantitative estimate of drug-likeness (QED) is 0.648. The van der Waals surface area contributed by atoms with Gasteiger partial charge in [0.05, 0.1) is 16.7 Å². The lowest BCUT2D eigenvalue weighted by atomic mass is 10.1. The van der Waals surface area contributed by atoms with Crippen LogP contribution in [0.3, 0.4) is 0 Å². The molecule has 3 rings (SSSR count). The first-order chi connectivity index (χ1) is 10.1. The zero-order valence-corrected chi connectivity index (χ0v) is 12.8. The first-order valence-electron chi connectivity index (χ1n) is 6.92. The van der Waals surface area contributed by atoms with E-state index in [1.165, 1.54) is 6.07 Å². The zero-order valence-electron chi connectivity index (χ0n) is 12.0. The van der Waals surface area contributed by atoms with Crippen LogP contribution in [0.15, 0.2) is 36.4 Å². The Bertz CT molecular complexity index is 788. The molecule has 0 N–H and O–H groups in total. The molecule has 2 nitrogen and oxygen atoms in total. The average Bonchev–Trinajstić information content (AvgIpc) is 2.79. The Morgan fingerprint density at radius 1 is 1.10 bits per heavy atom. The smallest absolute Gasteiger partial charge is 0.147 e. The Labute approximate surface area is 128 Å². The van der Waals surface area contributed by atoms with Crippen molar-refractivity contribution in [2.75, 3.05) is 5.88 Å². The number of rotatable bonds is 3. The molecular formula is C17H16ClFN2. The van der Waals surface area contributed by atoms with Gasteiger partial charge in [0, 0.05) is 12.3 Å². The van der Waals surface area contributed by atoms with E-state index in [-0.39, 0.29) is 5.82 Å². The van der Waals surface area contributed by atoms with Gasteiger partial charge in [-0.3, -0.25) is 4.57 Å². The highest BCUT2D eigenvalue weighted by molar-refractivity contribution is 6.18. The SMILES string of the molecule is Cc1cccc(F)c1-n1c(CCCl)nc2cccc(C)c21. The molecule has 0 aliphatic heterocycles. The van der Waals surface area contributed by atoms with Crippen molar-refractivity contribution in [3.05, 3.63) is 59.2 Å². The largest absolute Gasteiger partial charge is 0.293 e. The minimum absolute atomic E-state index is 0.242. The molecule has 4 heteroatoms. The molecule has 0 aliphatic rings. The molecule has 21 heavy (non-hydrogen) atoms. The van der Waals surface area contributed by atoms with Crippen LogP contribution in [0.2, 0.25) is 0 Å². The van der Waals surface area contributed by atoms with Gasteiger partial charge in [0.2, 0.25) is 0 Å². The van der Waals surface area contributed by atoms with Crippen LogP contribution in [0.25, 0.3) is 16.7 Å². The molecule has 0 bridgehead atoms. The fourth-order valence-electron chi connectivity index (χ4n) is 2.74. The van der Waals surface area contributed by atoms with Crippen molar-refractivity contribution >= 4 is 22.6 Å². The first kappa shape index (κ1) is 14.1. The number of aryl methyl sites for hydroxylation is 3. The minimum atomic E-state index is -0.242. The van der Waals surface area contributed by atoms with Crippen molar-refractivity contribution < 1.29 is 4.39 Å². The summed E-state index contributed by atoms with van der Waals surface area (Å²) in [4.78, 5) is 4.63. The number of para-hydroxylation sites is 2. The van der Waals surface area contributed by atoms with E-state index in [0.29, 0.717) is 18.0 Å². The maximum Gasteiger partial charge on any atom is 0.147 e. The average molecular weight is 303 g/mol. The van der Waals surface area contributed by atoms with Gasteiger partial charge < -0.3 is 0 Å². The predicted octanol–water partition coefficient (Wildman–Crippen LogP) is 4.56. The topological polar surface area (TPSA) is 17.8 Å². The lowest BCUT2D eigenvalue weighted by Crippen LogP contribution is -2.07. The van der Waals surface area contributed by atoms with Crippen molar-refractivity contribution in [1.29, 1.82) is 0 Å². The lowest BCUT2D eigenvalue weighted by Gasteiger charge is -2.13. The molecule has 0 aliphatic carbocycles. The third-order valence-corrected chi connectivity index (χ3v) is 3.87. The summed E-state index contributed by atoms with van der Waals surface area (Å²) >= 11 is 5.90. The summed E-state index contributed by atoms with van der Waals surface area (Å²) in [5.74, 6) is 1.01. The summed E-state index contributed by atoms with van der Waals surface area (Å²) in [6.07, 6.45) is 0.601. The van der Waals surface area contributed by atoms with Crippen LogP contribution in [0, 0.1) is 19.7 Å². The monoisotopic (exact) mass is 302 g/mol. The second-order valence-electron chi connectivity index (χ2n) is 5.15. The maximum absolute atomic E-state index is 14.4. The van der Waals surface area contributed by atoms with Crippen LogP contribution in [0.5, 0.6) is 0 Å². The fourth-order valence-corrected chi connectivity index (χ4v) is 2.91. The summed E-state index contributed by atoms with van der Waals surface area (Å²) < 4.78 is 16.3. The van der Waals surface area contributed by atoms with Gasteiger partial charge in [-0.15, -0.1) is 11.6 Å². The second kappa shape index (κ2) is 5.49. The number of hydrogen-bond donors (Lipinski definition) is 0. The molecule has 0 atom stereocenters. The molecule has 0 saturated carbocycles. The molecule has 1 aromatic heterocycles. The highest BCUT2D eigenvalue weighted by Crippen LogP contribution is 2.28. The van der Waals surface area contributed by atoms with E-state index in [1.54, 1.807) is 6.07 Å². The fraction of sp³-hybridized carbons (Fsp3) is 0.235. The summed E-state index contributed by atoms with van der Waals surface area (Å²) in [6, 6.07) is 11.0. The van der Waals surface area contributed by atoms with Crippen LogP contribution in [0.4, 0.5) is 4.39 Å². The Kier molecular flexibility index (Phi) is 3.68. The molecule has 2 aromatic carbocycles. The maximum atomic E-state index is 14.4. The van der Waals surface area contributed by atoms with Crippen LogP contribution in [-0.4, -0.2) is 15.4 Å². The Balaban J connectivity index is 2.42. The van der Waals surface area contributed by atoms with Crippen LogP contribution < -0.4 is 0 Å². The molecule has 0 amide bonds. The number of alkyl halides is 1. The van der Waals surface area contributed by atoms with Crippen LogP contribution in [0.1, 0.15) is 17.0 Å². The molecule has 0 saturated heterocycles. The van der Waals surface area contributed by atoms with Gasteiger partial charge >= 0.3 is 0 Å².